The van der Waals surface area contributed by atoms with Crippen molar-refractivity contribution in [1.82, 2.24) is 0 Å². The predicted molar refractivity (Wildman–Crippen MR) is 57.3 cm³/mol. The molecule has 0 amide bonds. The average molecular weight is 221 g/mol. The van der Waals surface area contributed by atoms with E-state index in [-0.39, 0.29) is 5.69 Å². The topological polar surface area (TPSA) is 35.2 Å². The number of hydrogen-bond acceptors (Lipinski definition) is 2. The van der Waals surface area contributed by atoms with E-state index < -0.39 is 11.6 Å². The molecule has 82 valence electrons. The van der Waals surface area contributed by atoms with E-state index in [0.29, 0.717) is 11.5 Å². The monoisotopic (exact) mass is 221 g/mol. The number of halogens is 2. The van der Waals surface area contributed by atoms with Crippen LogP contribution in [-0.2, 0) is 0 Å². The summed E-state index contributed by atoms with van der Waals surface area (Å²) >= 11 is 0. The van der Waals surface area contributed by atoms with Gasteiger partial charge in [-0.2, -0.15) is 0 Å². The lowest BCUT2D eigenvalue weighted by Gasteiger charge is -2.08. The van der Waals surface area contributed by atoms with Gasteiger partial charge < -0.3 is 10.5 Å². The van der Waals surface area contributed by atoms with Crippen molar-refractivity contribution in [3.8, 4) is 11.5 Å². The third-order valence-electron chi connectivity index (χ3n) is 2.00. The molecule has 2 rings (SSSR count). The maximum Gasteiger partial charge on any atom is 0.150 e. The van der Waals surface area contributed by atoms with Gasteiger partial charge in [0.25, 0.3) is 0 Å². The second-order valence-corrected chi connectivity index (χ2v) is 3.24. The first-order chi connectivity index (χ1) is 7.65. The number of ether oxygens (including phenoxy) is 1. The number of rotatable bonds is 2. The van der Waals surface area contributed by atoms with Crippen molar-refractivity contribution in [1.29, 1.82) is 0 Å². The van der Waals surface area contributed by atoms with Crippen LogP contribution < -0.4 is 10.5 Å². The number of anilines is 1. The second kappa shape index (κ2) is 4.18. The minimum atomic E-state index is -0.441. The Morgan fingerprint density at radius 3 is 2.38 bits per heavy atom. The van der Waals surface area contributed by atoms with Crippen LogP contribution in [0.2, 0.25) is 0 Å². The molecule has 0 bridgehead atoms. The fraction of sp³-hybridized carbons (Fsp3) is 0. The Kier molecular flexibility index (Phi) is 2.72. The van der Waals surface area contributed by atoms with Crippen LogP contribution in [0.15, 0.2) is 42.5 Å². The van der Waals surface area contributed by atoms with Gasteiger partial charge in [-0.15, -0.1) is 0 Å². The predicted octanol–water partition coefficient (Wildman–Crippen LogP) is 3.34. The van der Waals surface area contributed by atoms with Crippen molar-refractivity contribution in [2.45, 2.75) is 0 Å². The summed E-state index contributed by atoms with van der Waals surface area (Å²) in [5.41, 5.74) is 5.72. The molecule has 0 saturated carbocycles. The second-order valence-electron chi connectivity index (χ2n) is 3.24. The summed E-state index contributed by atoms with van der Waals surface area (Å²) in [6.45, 7) is 0. The normalized spacial score (nSPS) is 10.1. The van der Waals surface area contributed by atoms with Gasteiger partial charge in [0.2, 0.25) is 0 Å². The molecule has 2 N–H and O–H groups in total. The van der Waals surface area contributed by atoms with Crippen molar-refractivity contribution in [3.05, 3.63) is 54.1 Å². The van der Waals surface area contributed by atoms with E-state index in [1.165, 1.54) is 30.3 Å². The molecule has 0 atom stereocenters. The molecule has 0 fully saturated rings. The van der Waals surface area contributed by atoms with E-state index in [4.69, 9.17) is 10.5 Å². The lowest BCUT2D eigenvalue weighted by Crippen LogP contribution is -1.93. The van der Waals surface area contributed by atoms with Crippen molar-refractivity contribution in [3.63, 3.8) is 0 Å². The van der Waals surface area contributed by atoms with Gasteiger partial charge in [-0.25, -0.2) is 8.78 Å². The summed E-state index contributed by atoms with van der Waals surface area (Å²) in [7, 11) is 0. The third kappa shape index (κ3) is 2.28. The SMILES string of the molecule is Nc1cc(F)ccc1Oc1cccc(F)c1. The molecule has 0 heterocycles. The van der Waals surface area contributed by atoms with Gasteiger partial charge >= 0.3 is 0 Å². The quantitative estimate of drug-likeness (QED) is 0.789. The van der Waals surface area contributed by atoms with Crippen LogP contribution in [0.3, 0.4) is 0 Å². The lowest BCUT2D eigenvalue weighted by atomic mass is 10.3. The summed E-state index contributed by atoms with van der Waals surface area (Å²) in [5, 5.41) is 0. The molecule has 2 nitrogen and oxygen atoms in total. The molecule has 16 heavy (non-hydrogen) atoms. The van der Waals surface area contributed by atoms with E-state index in [2.05, 4.69) is 0 Å². The van der Waals surface area contributed by atoms with Gasteiger partial charge in [-0.05, 0) is 24.3 Å². The molecule has 0 aliphatic rings. The first-order valence-electron chi connectivity index (χ1n) is 4.63. The standard InChI is InChI=1S/C12H9F2NO/c13-8-2-1-3-10(6-8)16-12-5-4-9(14)7-11(12)15/h1-7H,15H2. The Hall–Kier alpha value is -2.10. The van der Waals surface area contributed by atoms with Crippen LogP contribution in [0.25, 0.3) is 0 Å². The van der Waals surface area contributed by atoms with Crippen LogP contribution in [-0.4, -0.2) is 0 Å². The Morgan fingerprint density at radius 2 is 1.69 bits per heavy atom. The van der Waals surface area contributed by atoms with Crippen LogP contribution in [0.5, 0.6) is 11.5 Å². The van der Waals surface area contributed by atoms with Gasteiger partial charge in [0.15, 0.2) is 5.75 Å². The van der Waals surface area contributed by atoms with Crippen LogP contribution in [0.4, 0.5) is 14.5 Å². The maximum absolute atomic E-state index is 12.9. The number of benzene rings is 2. The molecule has 4 heteroatoms. The van der Waals surface area contributed by atoms with Gasteiger partial charge in [-0.1, -0.05) is 6.07 Å². The van der Waals surface area contributed by atoms with Gasteiger partial charge in [-0.3, -0.25) is 0 Å². The zero-order chi connectivity index (χ0) is 11.5. The van der Waals surface area contributed by atoms with Gasteiger partial charge in [0, 0.05) is 12.1 Å². The minimum absolute atomic E-state index is 0.171. The van der Waals surface area contributed by atoms with Crippen LogP contribution >= 0.6 is 0 Å². The summed E-state index contributed by atoms with van der Waals surface area (Å²) in [6.07, 6.45) is 0. The van der Waals surface area contributed by atoms with E-state index >= 15 is 0 Å². The van der Waals surface area contributed by atoms with Crippen molar-refractivity contribution >= 4 is 5.69 Å². The molecule has 0 aromatic heterocycles. The van der Waals surface area contributed by atoms with Crippen molar-refractivity contribution < 1.29 is 13.5 Å². The largest absolute Gasteiger partial charge is 0.455 e. The van der Waals surface area contributed by atoms with Crippen LogP contribution in [0, 0.1) is 11.6 Å². The number of nitrogen functional groups attached to an aromatic ring is 1. The smallest absolute Gasteiger partial charge is 0.150 e. The molecular formula is C12H9F2NO. The van der Waals surface area contributed by atoms with Crippen molar-refractivity contribution in [2.24, 2.45) is 0 Å². The van der Waals surface area contributed by atoms with E-state index in [1.807, 2.05) is 0 Å². The molecule has 0 spiro atoms. The average Bonchev–Trinajstić information content (AvgIpc) is 2.22. The first kappa shape index (κ1) is 10.4. The number of hydrogen-bond donors (Lipinski definition) is 1. The van der Waals surface area contributed by atoms with Crippen molar-refractivity contribution in [2.75, 3.05) is 5.73 Å². The molecule has 0 saturated heterocycles. The highest BCUT2D eigenvalue weighted by molar-refractivity contribution is 5.53. The zero-order valence-corrected chi connectivity index (χ0v) is 8.28. The van der Waals surface area contributed by atoms with E-state index in [1.54, 1.807) is 6.07 Å². The summed E-state index contributed by atoms with van der Waals surface area (Å²) < 4.78 is 30.9. The zero-order valence-electron chi connectivity index (χ0n) is 8.28. The molecule has 2 aromatic rings. The first-order valence-corrected chi connectivity index (χ1v) is 4.63. The maximum atomic E-state index is 12.9. The Balaban J connectivity index is 2.27. The molecule has 0 radical (unpaired) electrons. The Labute approximate surface area is 91.3 Å². The summed E-state index contributed by atoms with van der Waals surface area (Å²) in [6, 6.07) is 9.41. The number of nitrogens with two attached hydrogens (primary N) is 1. The fourth-order valence-electron chi connectivity index (χ4n) is 1.27. The fourth-order valence-corrected chi connectivity index (χ4v) is 1.27. The van der Waals surface area contributed by atoms with Gasteiger partial charge in [0.1, 0.15) is 17.4 Å². The van der Waals surface area contributed by atoms with Gasteiger partial charge in [0.05, 0.1) is 5.69 Å². The minimum Gasteiger partial charge on any atom is -0.455 e. The summed E-state index contributed by atoms with van der Waals surface area (Å²) in [5.74, 6) is -0.229. The molecule has 0 unspecified atom stereocenters. The Bertz CT molecular complexity index is 514. The van der Waals surface area contributed by atoms with Crippen LogP contribution in [0.1, 0.15) is 0 Å². The molecule has 0 aliphatic heterocycles. The molecular weight excluding hydrogens is 212 g/mol. The van der Waals surface area contributed by atoms with E-state index in [0.717, 1.165) is 6.07 Å². The lowest BCUT2D eigenvalue weighted by molar-refractivity contribution is 0.477. The molecule has 2 aromatic carbocycles. The highest BCUT2D eigenvalue weighted by atomic mass is 19.1. The highest BCUT2D eigenvalue weighted by Gasteiger charge is 2.04. The highest BCUT2D eigenvalue weighted by Crippen LogP contribution is 2.27. The summed E-state index contributed by atoms with van der Waals surface area (Å²) in [4.78, 5) is 0. The molecule has 0 aliphatic carbocycles. The Morgan fingerprint density at radius 1 is 0.938 bits per heavy atom. The van der Waals surface area contributed by atoms with E-state index in [9.17, 15) is 8.78 Å². The third-order valence-corrected chi connectivity index (χ3v) is 2.00.